The van der Waals surface area contributed by atoms with E-state index in [0.29, 0.717) is 36.9 Å². The number of hydrogen-bond acceptors (Lipinski definition) is 3. The lowest BCUT2D eigenvalue weighted by Crippen LogP contribution is -2.47. The van der Waals surface area contributed by atoms with Crippen LogP contribution in [0.4, 0.5) is 0 Å². The van der Waals surface area contributed by atoms with Gasteiger partial charge in [0.1, 0.15) is 6.10 Å². The van der Waals surface area contributed by atoms with Crippen molar-refractivity contribution in [2.45, 2.75) is 63.3 Å². The molecule has 24 heavy (non-hydrogen) atoms. The molecule has 4 atom stereocenters. The number of amides is 1. The number of hydrogen-bond donors (Lipinski definition) is 1. The normalized spacial score (nSPS) is 35.9. The van der Waals surface area contributed by atoms with Crippen LogP contribution in [0.15, 0.2) is 30.3 Å². The Bertz CT molecular complexity index is 564. The quantitative estimate of drug-likeness (QED) is 0.928. The van der Waals surface area contributed by atoms with Gasteiger partial charge in [0.25, 0.3) is 0 Å². The number of carbonyl (C=O) groups excluding carboxylic acids is 1. The number of carbonyl (C=O) groups is 1. The van der Waals surface area contributed by atoms with Crippen LogP contribution >= 0.6 is 0 Å². The van der Waals surface area contributed by atoms with Crippen LogP contribution in [0.25, 0.3) is 0 Å². The van der Waals surface area contributed by atoms with E-state index in [9.17, 15) is 4.79 Å². The molecule has 1 amide bonds. The van der Waals surface area contributed by atoms with Gasteiger partial charge >= 0.3 is 0 Å². The maximum Gasteiger partial charge on any atom is 0.223 e. The Balaban J connectivity index is 1.38. The second kappa shape index (κ2) is 6.85. The molecule has 4 heteroatoms. The van der Waals surface area contributed by atoms with Crippen LogP contribution in [0.5, 0.6) is 0 Å². The Morgan fingerprint density at radius 2 is 1.88 bits per heavy atom. The number of benzene rings is 1. The molecule has 3 saturated heterocycles. The Labute approximate surface area is 144 Å². The van der Waals surface area contributed by atoms with Gasteiger partial charge in [-0.25, -0.2) is 0 Å². The summed E-state index contributed by atoms with van der Waals surface area (Å²) < 4.78 is 6.08. The summed E-state index contributed by atoms with van der Waals surface area (Å²) in [6, 6.07) is 11.6. The van der Waals surface area contributed by atoms with Gasteiger partial charge < -0.3 is 15.0 Å². The maximum atomic E-state index is 12.9. The van der Waals surface area contributed by atoms with E-state index < -0.39 is 0 Å². The Hall–Kier alpha value is -1.39. The Morgan fingerprint density at radius 3 is 2.58 bits per heavy atom. The minimum atomic E-state index is 0.00287. The largest absolute Gasteiger partial charge is 0.367 e. The lowest BCUT2D eigenvalue weighted by molar-refractivity contribution is -0.146. The summed E-state index contributed by atoms with van der Waals surface area (Å²) in [7, 11) is 0. The van der Waals surface area contributed by atoms with Gasteiger partial charge in [0.15, 0.2) is 0 Å². The molecule has 0 spiro atoms. The van der Waals surface area contributed by atoms with Gasteiger partial charge in [0.05, 0.1) is 12.6 Å². The van der Waals surface area contributed by atoms with Gasteiger partial charge in [-0.3, -0.25) is 4.79 Å². The van der Waals surface area contributed by atoms with Gasteiger partial charge in [-0.2, -0.15) is 0 Å². The standard InChI is InChI=1S/C20H28N2O2/c1-14-12-22(13-19(24-14)16-5-3-2-4-6-16)20(23)11-15-9-17-7-8-18(10-15)21-17/h2-6,14-15,17-19,21H,7-13H2,1H3. The molecule has 4 unspecified atom stereocenters. The average Bonchev–Trinajstić information content (AvgIpc) is 2.93. The predicted octanol–water partition coefficient (Wildman–Crippen LogP) is 2.90. The molecule has 3 aliphatic rings. The van der Waals surface area contributed by atoms with Crippen LogP contribution < -0.4 is 5.32 Å². The molecule has 0 saturated carbocycles. The van der Waals surface area contributed by atoms with E-state index in [1.54, 1.807) is 0 Å². The van der Waals surface area contributed by atoms with Crippen molar-refractivity contribution >= 4 is 5.91 Å². The Morgan fingerprint density at radius 1 is 1.17 bits per heavy atom. The van der Waals surface area contributed by atoms with Gasteiger partial charge in [0, 0.05) is 25.0 Å². The van der Waals surface area contributed by atoms with Crippen molar-refractivity contribution in [3.63, 3.8) is 0 Å². The summed E-state index contributed by atoms with van der Waals surface area (Å²) in [6.07, 6.45) is 5.73. The third-order valence-corrected chi connectivity index (χ3v) is 5.82. The van der Waals surface area contributed by atoms with E-state index in [1.165, 1.54) is 31.2 Å². The zero-order valence-corrected chi connectivity index (χ0v) is 14.5. The fraction of sp³-hybridized carbons (Fsp3) is 0.650. The summed E-state index contributed by atoms with van der Waals surface area (Å²) >= 11 is 0. The smallest absolute Gasteiger partial charge is 0.223 e. The van der Waals surface area contributed by atoms with Crippen LogP contribution in [-0.4, -0.2) is 42.1 Å². The van der Waals surface area contributed by atoms with Gasteiger partial charge in [0.2, 0.25) is 5.91 Å². The number of ether oxygens (including phenoxy) is 1. The Kier molecular flexibility index (Phi) is 4.59. The number of fused-ring (bicyclic) bond motifs is 2. The summed E-state index contributed by atoms with van der Waals surface area (Å²) in [4.78, 5) is 14.9. The molecule has 4 rings (SSSR count). The molecule has 130 valence electrons. The second-order valence-corrected chi connectivity index (χ2v) is 7.82. The molecule has 0 aromatic heterocycles. The second-order valence-electron chi connectivity index (χ2n) is 7.82. The molecular formula is C20H28N2O2. The maximum absolute atomic E-state index is 12.9. The van der Waals surface area contributed by atoms with Gasteiger partial charge in [-0.05, 0) is 44.1 Å². The van der Waals surface area contributed by atoms with E-state index in [1.807, 2.05) is 23.1 Å². The third kappa shape index (κ3) is 3.50. The first-order valence-electron chi connectivity index (χ1n) is 9.41. The van der Waals surface area contributed by atoms with E-state index in [-0.39, 0.29) is 12.2 Å². The monoisotopic (exact) mass is 328 g/mol. The number of morpholine rings is 1. The topological polar surface area (TPSA) is 41.6 Å². The van der Waals surface area contributed by atoms with Gasteiger partial charge in [-0.15, -0.1) is 0 Å². The summed E-state index contributed by atoms with van der Waals surface area (Å²) in [5.41, 5.74) is 1.17. The van der Waals surface area contributed by atoms with Crippen molar-refractivity contribution in [1.29, 1.82) is 0 Å². The molecular weight excluding hydrogens is 300 g/mol. The minimum absolute atomic E-state index is 0.00287. The summed E-state index contributed by atoms with van der Waals surface area (Å²) in [5, 5.41) is 3.66. The third-order valence-electron chi connectivity index (χ3n) is 5.82. The number of nitrogens with one attached hydrogen (secondary N) is 1. The molecule has 3 aliphatic heterocycles. The highest BCUT2D eigenvalue weighted by Crippen LogP contribution is 2.33. The first-order chi connectivity index (χ1) is 11.7. The molecule has 3 heterocycles. The minimum Gasteiger partial charge on any atom is -0.367 e. The van der Waals surface area contributed by atoms with Crippen molar-refractivity contribution in [3.05, 3.63) is 35.9 Å². The van der Waals surface area contributed by atoms with Crippen molar-refractivity contribution in [1.82, 2.24) is 10.2 Å². The van der Waals surface area contributed by atoms with Crippen LogP contribution in [0.3, 0.4) is 0 Å². The van der Waals surface area contributed by atoms with Gasteiger partial charge in [-0.1, -0.05) is 30.3 Å². The fourth-order valence-corrected chi connectivity index (χ4v) is 4.72. The zero-order chi connectivity index (χ0) is 16.5. The number of piperidine rings is 1. The van der Waals surface area contributed by atoms with E-state index >= 15 is 0 Å². The lowest BCUT2D eigenvalue weighted by atomic mass is 9.89. The average molecular weight is 328 g/mol. The van der Waals surface area contributed by atoms with Crippen molar-refractivity contribution < 1.29 is 9.53 Å². The molecule has 0 radical (unpaired) electrons. The highest BCUT2D eigenvalue weighted by Gasteiger charge is 2.36. The molecule has 1 aromatic carbocycles. The first-order valence-corrected chi connectivity index (χ1v) is 9.41. The lowest BCUT2D eigenvalue weighted by Gasteiger charge is -2.38. The van der Waals surface area contributed by atoms with Crippen LogP contribution in [0.2, 0.25) is 0 Å². The highest BCUT2D eigenvalue weighted by atomic mass is 16.5. The van der Waals surface area contributed by atoms with E-state index in [4.69, 9.17) is 4.74 Å². The van der Waals surface area contributed by atoms with Crippen LogP contribution in [0.1, 0.15) is 50.7 Å². The highest BCUT2D eigenvalue weighted by molar-refractivity contribution is 5.76. The predicted molar refractivity (Wildman–Crippen MR) is 93.6 cm³/mol. The molecule has 1 aromatic rings. The fourth-order valence-electron chi connectivity index (χ4n) is 4.72. The number of rotatable bonds is 3. The molecule has 2 bridgehead atoms. The molecule has 1 N–H and O–H groups in total. The van der Waals surface area contributed by atoms with E-state index in [0.717, 1.165) is 6.54 Å². The SMILES string of the molecule is CC1CN(C(=O)CC2CC3CCC(C2)N3)CC(c2ccccc2)O1. The molecule has 3 fully saturated rings. The number of nitrogens with zero attached hydrogens (tertiary/aromatic N) is 1. The van der Waals surface area contributed by atoms with Crippen LogP contribution in [0, 0.1) is 5.92 Å². The van der Waals surface area contributed by atoms with Crippen molar-refractivity contribution in [2.75, 3.05) is 13.1 Å². The summed E-state index contributed by atoms with van der Waals surface area (Å²) in [5.74, 6) is 0.877. The molecule has 4 nitrogen and oxygen atoms in total. The van der Waals surface area contributed by atoms with Crippen LogP contribution in [-0.2, 0) is 9.53 Å². The van der Waals surface area contributed by atoms with Crippen molar-refractivity contribution in [2.24, 2.45) is 5.92 Å². The molecule has 0 aliphatic carbocycles. The van der Waals surface area contributed by atoms with E-state index in [2.05, 4.69) is 24.4 Å². The van der Waals surface area contributed by atoms with Crippen molar-refractivity contribution in [3.8, 4) is 0 Å². The summed E-state index contributed by atoms with van der Waals surface area (Å²) in [6.45, 7) is 3.48. The first kappa shape index (κ1) is 16.1. The zero-order valence-electron chi connectivity index (χ0n) is 14.5.